The van der Waals surface area contributed by atoms with Gasteiger partial charge in [-0.2, -0.15) is 0 Å². The number of aromatic amines is 1. The van der Waals surface area contributed by atoms with Crippen molar-refractivity contribution in [3.63, 3.8) is 0 Å². The Kier molecular flexibility index (Phi) is 8.44. The standard InChI is InChI=1S/C31H32N6.ClH/c1-2-11-28-27(10-1)35-30(36-28)22-37(29-12-5-7-25-8-6-18-34-31(25)29)21-24-15-13-23(14-16-24)19-32-20-26-9-3-4-17-33-26;/h1-4,6,8-11,13-18,29,32H,5,7,12,19-22H2,(H,35,36);1H. The summed E-state index contributed by atoms with van der Waals surface area (Å²) in [6.45, 7) is 3.18. The second kappa shape index (κ2) is 12.3. The quantitative estimate of drug-likeness (QED) is 0.242. The van der Waals surface area contributed by atoms with Crippen molar-refractivity contribution in [1.82, 2.24) is 30.2 Å². The lowest BCUT2D eigenvalue weighted by Gasteiger charge is -2.34. The lowest BCUT2D eigenvalue weighted by Crippen LogP contribution is -2.31. The number of rotatable bonds is 9. The van der Waals surface area contributed by atoms with Crippen molar-refractivity contribution >= 4 is 23.4 Å². The zero-order valence-electron chi connectivity index (χ0n) is 21.4. The van der Waals surface area contributed by atoms with Crippen LogP contribution in [0.1, 0.15) is 52.8 Å². The number of hydrogen-bond acceptors (Lipinski definition) is 5. The SMILES string of the molecule is Cl.c1ccc(CNCc2ccc(CN(Cc3nc4ccccc4[nH]3)C3CCCc4cccnc43)cc2)nc1. The Bertz CT molecular complexity index is 1420. The zero-order chi connectivity index (χ0) is 24.9. The summed E-state index contributed by atoms with van der Waals surface area (Å²) in [5.74, 6) is 1.000. The predicted octanol–water partition coefficient (Wildman–Crippen LogP) is 6.14. The number of H-pyrrole nitrogens is 1. The van der Waals surface area contributed by atoms with Crippen LogP contribution in [0.2, 0.25) is 0 Å². The highest BCUT2D eigenvalue weighted by atomic mass is 35.5. The average molecular weight is 525 g/mol. The number of nitrogens with one attached hydrogen (secondary N) is 2. The summed E-state index contributed by atoms with van der Waals surface area (Å²) in [6, 6.07) is 27.8. The summed E-state index contributed by atoms with van der Waals surface area (Å²) in [4.78, 5) is 20.2. The van der Waals surface area contributed by atoms with Gasteiger partial charge in [0.05, 0.1) is 35.0 Å². The van der Waals surface area contributed by atoms with Crippen LogP contribution >= 0.6 is 12.4 Å². The first-order valence-electron chi connectivity index (χ1n) is 13.1. The van der Waals surface area contributed by atoms with Crippen LogP contribution in [0.15, 0.2) is 91.3 Å². The molecule has 2 N–H and O–H groups in total. The third-order valence-corrected chi connectivity index (χ3v) is 7.17. The molecule has 0 saturated carbocycles. The van der Waals surface area contributed by atoms with Crippen LogP contribution in [0.4, 0.5) is 0 Å². The van der Waals surface area contributed by atoms with Crippen LogP contribution in [-0.4, -0.2) is 24.8 Å². The van der Waals surface area contributed by atoms with Gasteiger partial charge in [0.2, 0.25) is 0 Å². The molecule has 194 valence electrons. The largest absolute Gasteiger partial charge is 0.341 e. The number of aryl methyl sites for hydroxylation is 1. The maximum atomic E-state index is 4.89. The monoisotopic (exact) mass is 524 g/mol. The Balaban J connectivity index is 0.00000294. The van der Waals surface area contributed by atoms with Crippen molar-refractivity contribution < 1.29 is 0 Å². The van der Waals surface area contributed by atoms with E-state index < -0.39 is 0 Å². The molecule has 3 aromatic heterocycles. The summed E-state index contributed by atoms with van der Waals surface area (Å²) in [5.41, 5.74) is 8.33. The predicted molar refractivity (Wildman–Crippen MR) is 154 cm³/mol. The van der Waals surface area contributed by atoms with E-state index in [0.29, 0.717) is 0 Å². The van der Waals surface area contributed by atoms with Crippen molar-refractivity contribution in [1.29, 1.82) is 0 Å². The first-order valence-corrected chi connectivity index (χ1v) is 13.1. The molecule has 5 aromatic rings. The van der Waals surface area contributed by atoms with E-state index in [-0.39, 0.29) is 18.4 Å². The number of imidazole rings is 1. The molecule has 2 aromatic carbocycles. The van der Waals surface area contributed by atoms with E-state index in [1.807, 2.05) is 36.7 Å². The molecule has 7 heteroatoms. The van der Waals surface area contributed by atoms with E-state index >= 15 is 0 Å². The minimum absolute atomic E-state index is 0. The molecule has 1 aliphatic carbocycles. The molecule has 0 saturated heterocycles. The second-order valence-electron chi connectivity index (χ2n) is 9.80. The van der Waals surface area contributed by atoms with Gasteiger partial charge < -0.3 is 10.3 Å². The molecule has 6 nitrogen and oxygen atoms in total. The molecule has 0 radical (unpaired) electrons. The van der Waals surface area contributed by atoms with Gasteiger partial charge >= 0.3 is 0 Å². The average Bonchev–Trinajstić information content (AvgIpc) is 3.36. The molecule has 0 amide bonds. The van der Waals surface area contributed by atoms with Gasteiger partial charge in [-0.1, -0.05) is 48.5 Å². The van der Waals surface area contributed by atoms with Crippen molar-refractivity contribution in [3.8, 4) is 0 Å². The smallest absolute Gasteiger partial charge is 0.121 e. The molecular formula is C31H33ClN6. The number of aromatic nitrogens is 4. The van der Waals surface area contributed by atoms with Crippen molar-refractivity contribution in [3.05, 3.63) is 125 Å². The number of para-hydroxylation sites is 2. The number of nitrogens with zero attached hydrogens (tertiary/aromatic N) is 4. The molecule has 1 atom stereocenters. The molecule has 0 aliphatic heterocycles. The molecule has 0 fully saturated rings. The van der Waals surface area contributed by atoms with Crippen LogP contribution in [0, 0.1) is 0 Å². The topological polar surface area (TPSA) is 69.7 Å². The van der Waals surface area contributed by atoms with Crippen LogP contribution < -0.4 is 5.32 Å². The normalized spacial score (nSPS) is 14.8. The highest BCUT2D eigenvalue weighted by Gasteiger charge is 2.28. The van der Waals surface area contributed by atoms with Gasteiger partial charge in [0.1, 0.15) is 5.82 Å². The molecule has 3 heterocycles. The Morgan fingerprint density at radius 1 is 0.816 bits per heavy atom. The Morgan fingerprint density at radius 3 is 2.47 bits per heavy atom. The number of hydrogen-bond donors (Lipinski definition) is 2. The van der Waals surface area contributed by atoms with Crippen LogP contribution in [0.3, 0.4) is 0 Å². The third kappa shape index (κ3) is 6.10. The molecular weight excluding hydrogens is 492 g/mol. The van der Waals surface area contributed by atoms with Gasteiger partial charge in [-0.15, -0.1) is 12.4 Å². The Morgan fingerprint density at radius 2 is 1.63 bits per heavy atom. The van der Waals surface area contributed by atoms with E-state index in [1.165, 1.54) is 28.8 Å². The molecule has 1 unspecified atom stereocenters. The van der Waals surface area contributed by atoms with E-state index in [0.717, 1.165) is 61.6 Å². The minimum Gasteiger partial charge on any atom is -0.341 e. The van der Waals surface area contributed by atoms with Gasteiger partial charge in [-0.3, -0.25) is 14.9 Å². The lowest BCUT2D eigenvalue weighted by molar-refractivity contribution is 0.153. The third-order valence-electron chi connectivity index (χ3n) is 7.17. The molecule has 38 heavy (non-hydrogen) atoms. The summed E-state index contributed by atoms with van der Waals surface area (Å²) >= 11 is 0. The van der Waals surface area contributed by atoms with Gasteiger partial charge in [0.15, 0.2) is 0 Å². The van der Waals surface area contributed by atoms with Crippen LogP contribution in [-0.2, 0) is 32.6 Å². The number of halogens is 1. The summed E-state index contributed by atoms with van der Waals surface area (Å²) in [6.07, 6.45) is 7.17. The van der Waals surface area contributed by atoms with Crippen molar-refractivity contribution in [2.24, 2.45) is 0 Å². The molecule has 6 rings (SSSR count). The summed E-state index contributed by atoms with van der Waals surface area (Å²) in [7, 11) is 0. The second-order valence-corrected chi connectivity index (χ2v) is 9.80. The highest BCUT2D eigenvalue weighted by Crippen LogP contribution is 2.34. The first-order chi connectivity index (χ1) is 18.3. The van der Waals surface area contributed by atoms with E-state index in [9.17, 15) is 0 Å². The van der Waals surface area contributed by atoms with E-state index in [1.54, 1.807) is 0 Å². The first kappa shape index (κ1) is 26.0. The minimum atomic E-state index is 0. The van der Waals surface area contributed by atoms with Crippen LogP contribution in [0.5, 0.6) is 0 Å². The van der Waals surface area contributed by atoms with Gasteiger partial charge in [-0.25, -0.2) is 4.98 Å². The summed E-state index contributed by atoms with van der Waals surface area (Å²) < 4.78 is 0. The van der Waals surface area contributed by atoms with E-state index in [4.69, 9.17) is 9.97 Å². The fourth-order valence-corrected chi connectivity index (χ4v) is 5.32. The molecule has 0 spiro atoms. The van der Waals surface area contributed by atoms with Gasteiger partial charge in [-0.05, 0) is 66.3 Å². The van der Waals surface area contributed by atoms with Gasteiger partial charge in [0.25, 0.3) is 0 Å². The fourth-order valence-electron chi connectivity index (χ4n) is 5.32. The van der Waals surface area contributed by atoms with E-state index in [2.05, 4.69) is 74.8 Å². The van der Waals surface area contributed by atoms with Crippen molar-refractivity contribution in [2.45, 2.75) is 51.5 Å². The number of pyridine rings is 2. The van der Waals surface area contributed by atoms with Gasteiger partial charge in [0, 0.05) is 32.0 Å². The highest BCUT2D eigenvalue weighted by molar-refractivity contribution is 5.85. The zero-order valence-corrected chi connectivity index (χ0v) is 22.2. The Labute approximate surface area is 230 Å². The lowest BCUT2D eigenvalue weighted by atomic mass is 9.90. The maximum Gasteiger partial charge on any atom is 0.121 e. The van der Waals surface area contributed by atoms with Crippen LogP contribution in [0.25, 0.3) is 11.0 Å². The number of fused-ring (bicyclic) bond motifs is 2. The Hall–Kier alpha value is -3.58. The number of benzene rings is 2. The summed E-state index contributed by atoms with van der Waals surface area (Å²) in [5, 5.41) is 3.49. The fraction of sp³-hybridized carbons (Fsp3) is 0.258. The van der Waals surface area contributed by atoms with Crippen molar-refractivity contribution in [2.75, 3.05) is 0 Å². The molecule has 1 aliphatic rings. The maximum absolute atomic E-state index is 4.89. The molecule has 0 bridgehead atoms.